The Morgan fingerprint density at radius 2 is 1.97 bits per heavy atom. The zero-order valence-corrected chi connectivity index (χ0v) is 18.0. The highest BCUT2D eigenvalue weighted by Crippen LogP contribution is 2.37. The monoisotopic (exact) mass is 413 g/mol. The number of likely N-dealkylation sites (N-methyl/N-ethyl adjacent to an activating group) is 1. The number of carbonyl (C=O) groups excluding carboxylic acids is 1. The molecule has 1 heterocycles. The fourth-order valence-corrected chi connectivity index (χ4v) is 4.96. The molecule has 3 rings (SSSR count). The Morgan fingerprint density at radius 1 is 1.21 bits per heavy atom. The molecule has 1 aromatic heterocycles. The number of fused-ring (bicyclic) bond motifs is 1. The molecule has 1 amide bonds. The summed E-state index contributed by atoms with van der Waals surface area (Å²) in [5.41, 5.74) is 2.82. The van der Waals surface area contributed by atoms with Gasteiger partial charge in [0.1, 0.15) is 11.1 Å². The van der Waals surface area contributed by atoms with Crippen molar-refractivity contribution in [2.45, 2.75) is 38.6 Å². The summed E-state index contributed by atoms with van der Waals surface area (Å²) in [5.74, 6) is 1.24. The number of hydrogen-bond acceptors (Lipinski definition) is 6. The normalized spacial score (nSPS) is 13.3. The van der Waals surface area contributed by atoms with E-state index < -0.39 is 0 Å². The van der Waals surface area contributed by atoms with Gasteiger partial charge in [-0.25, -0.2) is 0 Å². The highest BCUT2D eigenvalue weighted by Gasteiger charge is 2.21. The molecule has 0 fully saturated rings. The van der Waals surface area contributed by atoms with Crippen LogP contribution in [0.15, 0.2) is 18.2 Å². The van der Waals surface area contributed by atoms with Crippen LogP contribution >= 0.6 is 11.3 Å². The Kier molecular flexibility index (Phi) is 7.13. The summed E-state index contributed by atoms with van der Waals surface area (Å²) in [6.45, 7) is 0.835. The number of carbonyl (C=O) groups is 1. The fourth-order valence-electron chi connectivity index (χ4n) is 3.71. The standard InChI is InChI=1S/C22H27N3O3S/c1-25(13-15-9-10-18(27-2)19(11-15)28-3)14-21(26)24-22-17(12-23)16-7-5-4-6-8-20(16)29-22/h9-11H,4-8,13-14H2,1-3H3,(H,24,26). The third kappa shape index (κ3) is 5.08. The predicted molar refractivity (Wildman–Crippen MR) is 115 cm³/mol. The first kappa shape index (κ1) is 21.2. The Bertz CT molecular complexity index is 917. The second-order valence-corrected chi connectivity index (χ2v) is 8.40. The summed E-state index contributed by atoms with van der Waals surface area (Å²) in [6, 6.07) is 8.04. The first-order chi connectivity index (χ1) is 14.0. The minimum atomic E-state index is -0.110. The number of methoxy groups -OCH3 is 2. The molecule has 6 nitrogen and oxygen atoms in total. The summed E-state index contributed by atoms with van der Waals surface area (Å²) in [7, 11) is 5.10. The van der Waals surface area contributed by atoms with E-state index in [9.17, 15) is 10.1 Å². The van der Waals surface area contributed by atoms with Crippen molar-refractivity contribution in [3.05, 3.63) is 39.8 Å². The molecule has 0 radical (unpaired) electrons. The van der Waals surface area contributed by atoms with Gasteiger partial charge in [-0.1, -0.05) is 12.5 Å². The van der Waals surface area contributed by atoms with Crippen molar-refractivity contribution < 1.29 is 14.3 Å². The van der Waals surface area contributed by atoms with E-state index in [1.165, 1.54) is 11.3 Å². The lowest BCUT2D eigenvalue weighted by Crippen LogP contribution is -2.29. The number of nitriles is 1. The molecular weight excluding hydrogens is 386 g/mol. The van der Waals surface area contributed by atoms with Crippen LogP contribution in [0.25, 0.3) is 0 Å². The molecule has 1 aliphatic rings. The summed E-state index contributed by atoms with van der Waals surface area (Å²) in [6.07, 6.45) is 5.40. The van der Waals surface area contributed by atoms with Gasteiger partial charge in [-0.2, -0.15) is 5.26 Å². The second-order valence-electron chi connectivity index (χ2n) is 7.29. The Morgan fingerprint density at radius 3 is 2.69 bits per heavy atom. The largest absolute Gasteiger partial charge is 0.493 e. The van der Waals surface area contributed by atoms with Gasteiger partial charge >= 0.3 is 0 Å². The zero-order chi connectivity index (χ0) is 20.8. The molecule has 29 heavy (non-hydrogen) atoms. The van der Waals surface area contributed by atoms with E-state index in [-0.39, 0.29) is 12.5 Å². The quantitative estimate of drug-likeness (QED) is 0.695. The highest BCUT2D eigenvalue weighted by atomic mass is 32.1. The van der Waals surface area contributed by atoms with E-state index in [2.05, 4.69) is 11.4 Å². The molecule has 7 heteroatoms. The van der Waals surface area contributed by atoms with Crippen molar-refractivity contribution in [2.75, 3.05) is 33.1 Å². The number of ether oxygens (including phenoxy) is 2. The zero-order valence-electron chi connectivity index (χ0n) is 17.2. The number of nitrogens with one attached hydrogen (secondary N) is 1. The maximum Gasteiger partial charge on any atom is 0.239 e. The van der Waals surface area contributed by atoms with Gasteiger partial charge in [-0.05, 0) is 56.0 Å². The highest BCUT2D eigenvalue weighted by molar-refractivity contribution is 7.16. The Balaban J connectivity index is 1.63. The van der Waals surface area contributed by atoms with Crippen molar-refractivity contribution in [3.8, 4) is 17.6 Å². The first-order valence-electron chi connectivity index (χ1n) is 9.79. The number of amides is 1. The van der Waals surface area contributed by atoms with Gasteiger partial charge in [0, 0.05) is 11.4 Å². The molecule has 0 saturated carbocycles. The van der Waals surface area contributed by atoms with Gasteiger partial charge in [0.05, 0.1) is 26.3 Å². The minimum absolute atomic E-state index is 0.110. The van der Waals surface area contributed by atoms with Crippen LogP contribution in [0.4, 0.5) is 5.00 Å². The van der Waals surface area contributed by atoms with E-state index in [0.29, 0.717) is 28.6 Å². The number of thiophene rings is 1. The van der Waals surface area contributed by atoms with Crippen LogP contribution in [0, 0.1) is 11.3 Å². The predicted octanol–water partition coefficient (Wildman–Crippen LogP) is 3.98. The number of nitrogens with zero attached hydrogens (tertiary/aromatic N) is 2. The lowest BCUT2D eigenvalue weighted by molar-refractivity contribution is -0.117. The maximum atomic E-state index is 12.6. The molecule has 0 bridgehead atoms. The number of hydrogen-bond donors (Lipinski definition) is 1. The molecule has 1 aromatic carbocycles. The average molecular weight is 414 g/mol. The molecule has 0 atom stereocenters. The lowest BCUT2D eigenvalue weighted by Gasteiger charge is -2.17. The van der Waals surface area contributed by atoms with Gasteiger partial charge in [-0.3, -0.25) is 9.69 Å². The number of benzene rings is 1. The van der Waals surface area contributed by atoms with E-state index in [1.807, 2.05) is 30.1 Å². The smallest absolute Gasteiger partial charge is 0.239 e. The molecule has 154 valence electrons. The van der Waals surface area contributed by atoms with Crippen LogP contribution in [-0.4, -0.2) is 38.6 Å². The van der Waals surface area contributed by atoms with Crippen LogP contribution in [0.3, 0.4) is 0 Å². The van der Waals surface area contributed by atoms with Crippen LogP contribution in [0.1, 0.15) is 40.8 Å². The van der Waals surface area contributed by atoms with E-state index in [0.717, 1.165) is 36.8 Å². The van der Waals surface area contributed by atoms with Crippen LogP contribution in [-0.2, 0) is 24.2 Å². The summed E-state index contributed by atoms with van der Waals surface area (Å²) in [4.78, 5) is 15.8. The van der Waals surface area contributed by atoms with Crippen molar-refractivity contribution in [1.29, 1.82) is 5.26 Å². The van der Waals surface area contributed by atoms with Gasteiger partial charge in [0.25, 0.3) is 0 Å². The summed E-state index contributed by atoms with van der Waals surface area (Å²) >= 11 is 1.56. The molecule has 2 aromatic rings. The molecule has 1 aliphatic carbocycles. The topological polar surface area (TPSA) is 74.6 Å². The van der Waals surface area contributed by atoms with Gasteiger partial charge in [-0.15, -0.1) is 11.3 Å². The Hall–Kier alpha value is -2.56. The van der Waals surface area contributed by atoms with Crippen molar-refractivity contribution >= 4 is 22.2 Å². The van der Waals surface area contributed by atoms with Gasteiger partial charge < -0.3 is 14.8 Å². The summed E-state index contributed by atoms with van der Waals surface area (Å²) in [5, 5.41) is 13.3. The Labute approximate surface area is 176 Å². The number of anilines is 1. The van der Waals surface area contributed by atoms with Gasteiger partial charge in [0.15, 0.2) is 11.5 Å². The molecular formula is C22H27N3O3S. The van der Waals surface area contributed by atoms with Crippen molar-refractivity contribution in [3.63, 3.8) is 0 Å². The molecule has 0 unspecified atom stereocenters. The molecule has 1 N–H and O–H groups in total. The van der Waals surface area contributed by atoms with Crippen molar-refractivity contribution in [1.82, 2.24) is 4.90 Å². The fraction of sp³-hybridized carbons (Fsp3) is 0.455. The molecule has 0 saturated heterocycles. The maximum absolute atomic E-state index is 12.6. The minimum Gasteiger partial charge on any atom is -0.493 e. The number of rotatable bonds is 7. The van der Waals surface area contributed by atoms with Crippen LogP contribution < -0.4 is 14.8 Å². The lowest BCUT2D eigenvalue weighted by atomic mass is 10.1. The van der Waals surface area contributed by atoms with Crippen molar-refractivity contribution in [2.24, 2.45) is 0 Å². The molecule has 0 spiro atoms. The third-order valence-corrected chi connectivity index (χ3v) is 6.31. The van der Waals surface area contributed by atoms with E-state index >= 15 is 0 Å². The SMILES string of the molecule is COc1ccc(CN(C)CC(=O)Nc2sc3c(c2C#N)CCCCC3)cc1OC. The number of aryl methyl sites for hydroxylation is 1. The second kappa shape index (κ2) is 9.77. The first-order valence-corrected chi connectivity index (χ1v) is 10.6. The van der Waals surface area contributed by atoms with Gasteiger partial charge in [0.2, 0.25) is 5.91 Å². The summed E-state index contributed by atoms with van der Waals surface area (Å²) < 4.78 is 10.6. The van der Waals surface area contributed by atoms with E-state index in [1.54, 1.807) is 25.6 Å². The van der Waals surface area contributed by atoms with Crippen LogP contribution in [0.5, 0.6) is 11.5 Å². The third-order valence-electron chi connectivity index (χ3n) is 5.10. The van der Waals surface area contributed by atoms with Crippen LogP contribution in [0.2, 0.25) is 0 Å². The molecule has 0 aliphatic heterocycles. The van der Waals surface area contributed by atoms with E-state index in [4.69, 9.17) is 9.47 Å². The average Bonchev–Trinajstić information content (AvgIpc) is 2.86.